The van der Waals surface area contributed by atoms with Crippen LogP contribution in [0.1, 0.15) is 37.1 Å². The first kappa shape index (κ1) is 21.9. The van der Waals surface area contributed by atoms with Crippen molar-refractivity contribution < 1.29 is 37.8 Å². The van der Waals surface area contributed by atoms with Crippen molar-refractivity contribution in [2.75, 3.05) is 6.61 Å². The molecular weight excluding hydrogens is 376 g/mol. The quantitative estimate of drug-likeness (QED) is 0.191. The highest BCUT2D eigenvalue weighted by atomic mass is 32.2. The first-order valence-corrected chi connectivity index (χ1v) is 8.63. The van der Waals surface area contributed by atoms with Gasteiger partial charge >= 0.3 is 5.97 Å². The van der Waals surface area contributed by atoms with Gasteiger partial charge in [-0.1, -0.05) is 5.16 Å². The predicted octanol–water partition coefficient (Wildman–Crippen LogP) is -3.76. The summed E-state index contributed by atoms with van der Waals surface area (Å²) in [5, 5.41) is 30.7. The van der Waals surface area contributed by atoms with Crippen molar-refractivity contribution in [2.45, 2.75) is 37.6 Å². The lowest BCUT2D eigenvalue weighted by atomic mass is 10.2. The number of aromatic nitrogens is 2. The zero-order chi connectivity index (χ0) is 20.1. The van der Waals surface area contributed by atoms with Crippen molar-refractivity contribution in [3.05, 3.63) is 11.7 Å². The number of aliphatic hydroxyl groups is 2. The van der Waals surface area contributed by atoms with E-state index in [2.05, 4.69) is 10.1 Å². The summed E-state index contributed by atoms with van der Waals surface area (Å²) in [5.74, 6) is -3.06. The summed E-state index contributed by atoms with van der Waals surface area (Å²) in [6, 6.07) is -4.27. The third-order valence-corrected chi connectivity index (χ3v) is 4.18. The van der Waals surface area contributed by atoms with E-state index in [1.165, 1.54) is 0 Å². The van der Waals surface area contributed by atoms with Gasteiger partial charge in [0.1, 0.15) is 12.1 Å². The lowest BCUT2D eigenvalue weighted by molar-refractivity contribution is -0.141. The molecule has 26 heavy (non-hydrogen) atoms. The first-order valence-electron chi connectivity index (χ1n) is 7.15. The Hall–Kier alpha value is -2.17. The molecule has 0 aliphatic carbocycles. The molecular formula is C11H20N6O8S. The van der Waals surface area contributed by atoms with Gasteiger partial charge in [0.25, 0.3) is 10.2 Å². The third-order valence-electron chi connectivity index (χ3n) is 3.02. The molecule has 0 spiro atoms. The van der Waals surface area contributed by atoms with Crippen molar-refractivity contribution in [1.29, 1.82) is 0 Å². The van der Waals surface area contributed by atoms with Gasteiger partial charge in [-0.25, -0.2) is 0 Å². The number of amides is 1. The molecule has 15 heteroatoms. The van der Waals surface area contributed by atoms with E-state index in [-0.39, 0.29) is 11.7 Å². The maximum Gasteiger partial charge on any atom is 0.324 e. The van der Waals surface area contributed by atoms with E-state index in [4.69, 9.17) is 26.2 Å². The molecule has 1 amide bonds. The Morgan fingerprint density at radius 3 is 2.42 bits per heavy atom. The molecule has 0 radical (unpaired) electrons. The molecule has 1 heterocycles. The number of hydrogen-bond donors (Lipinski definition) is 7. The van der Waals surface area contributed by atoms with Gasteiger partial charge in [0.15, 0.2) is 5.82 Å². The molecule has 148 valence electrons. The highest BCUT2D eigenvalue weighted by molar-refractivity contribution is 7.87. The second kappa shape index (κ2) is 8.97. The Morgan fingerprint density at radius 1 is 1.35 bits per heavy atom. The molecule has 14 nitrogen and oxygen atoms in total. The highest BCUT2D eigenvalue weighted by Crippen LogP contribution is 2.17. The summed E-state index contributed by atoms with van der Waals surface area (Å²) in [6.45, 7) is 0.560. The van der Waals surface area contributed by atoms with E-state index >= 15 is 0 Å². The molecule has 0 aliphatic rings. The van der Waals surface area contributed by atoms with Crippen molar-refractivity contribution >= 4 is 22.1 Å². The molecule has 1 aromatic heterocycles. The van der Waals surface area contributed by atoms with Gasteiger partial charge in [-0.2, -0.15) is 22.8 Å². The van der Waals surface area contributed by atoms with Crippen LogP contribution in [0.25, 0.3) is 0 Å². The molecule has 0 aliphatic heterocycles. The number of carboxylic acids is 1. The number of hydrogen-bond acceptors (Lipinski definition) is 10. The monoisotopic (exact) mass is 396 g/mol. The minimum atomic E-state index is -4.54. The molecule has 1 unspecified atom stereocenters. The van der Waals surface area contributed by atoms with Crippen LogP contribution in [0.2, 0.25) is 0 Å². The molecule has 0 bridgehead atoms. The standard InChI is InChI=1S/C11H20N6O8S/c1-4(19)8(11(21)22)17-26(23,24)16-6(2-7(13)20)10-14-9(15-25-10)5(12)3-18/h4-6,8,16-19H,2-3,12H2,1H3,(H2,13,20)(H,21,22)/t4?,5-,6-,8-/m0/s1. The van der Waals surface area contributed by atoms with Gasteiger partial charge in [0.05, 0.1) is 25.2 Å². The minimum Gasteiger partial charge on any atom is -0.480 e. The van der Waals surface area contributed by atoms with Gasteiger partial charge < -0.3 is 31.3 Å². The van der Waals surface area contributed by atoms with Gasteiger partial charge in [0, 0.05) is 0 Å². The fourth-order valence-electron chi connectivity index (χ4n) is 1.75. The van der Waals surface area contributed by atoms with Gasteiger partial charge in [-0.05, 0) is 6.92 Å². The summed E-state index contributed by atoms with van der Waals surface area (Å²) in [6.07, 6.45) is -2.14. The number of nitrogens with one attached hydrogen (secondary N) is 2. The number of carboxylic acid groups (broad SMARTS) is 1. The molecule has 9 N–H and O–H groups in total. The Kier molecular flexibility index (Phi) is 7.54. The molecule has 0 saturated heterocycles. The molecule has 0 aromatic carbocycles. The lowest BCUT2D eigenvalue weighted by Crippen LogP contribution is -2.52. The number of carbonyl (C=O) groups is 2. The second-order valence-electron chi connectivity index (χ2n) is 5.30. The fourth-order valence-corrected chi connectivity index (χ4v) is 3.00. The fraction of sp³-hybridized carbons (Fsp3) is 0.636. The number of nitrogens with two attached hydrogens (primary N) is 2. The van der Waals surface area contributed by atoms with Crippen LogP contribution in [-0.4, -0.2) is 64.5 Å². The zero-order valence-corrected chi connectivity index (χ0v) is 14.4. The molecule has 1 rings (SSSR count). The molecule has 4 atom stereocenters. The van der Waals surface area contributed by atoms with E-state index in [0.717, 1.165) is 6.92 Å². The Labute approximate surface area is 147 Å². The predicted molar refractivity (Wildman–Crippen MR) is 83.2 cm³/mol. The maximum atomic E-state index is 12.1. The number of rotatable bonds is 11. The summed E-state index contributed by atoms with van der Waals surface area (Å²) >= 11 is 0. The van der Waals surface area contributed by atoms with E-state index in [1.54, 1.807) is 4.72 Å². The lowest BCUT2D eigenvalue weighted by Gasteiger charge is -2.19. The summed E-state index contributed by atoms with van der Waals surface area (Å²) in [4.78, 5) is 26.0. The van der Waals surface area contributed by atoms with E-state index < -0.39 is 59.3 Å². The summed E-state index contributed by atoms with van der Waals surface area (Å²) < 4.78 is 32.7. The average Bonchev–Trinajstić information content (AvgIpc) is 3.00. The zero-order valence-electron chi connectivity index (χ0n) is 13.6. The highest BCUT2D eigenvalue weighted by Gasteiger charge is 2.32. The van der Waals surface area contributed by atoms with Crippen molar-refractivity contribution in [1.82, 2.24) is 19.6 Å². The van der Waals surface area contributed by atoms with Gasteiger partial charge in [0.2, 0.25) is 11.8 Å². The second-order valence-corrected chi connectivity index (χ2v) is 6.78. The molecule has 0 saturated carbocycles. The van der Waals surface area contributed by atoms with E-state index in [0.29, 0.717) is 0 Å². The van der Waals surface area contributed by atoms with Crippen LogP contribution in [0.5, 0.6) is 0 Å². The molecule has 1 aromatic rings. The van der Waals surface area contributed by atoms with E-state index in [9.17, 15) is 23.1 Å². The van der Waals surface area contributed by atoms with Crippen LogP contribution in [0, 0.1) is 0 Å². The van der Waals surface area contributed by atoms with Crippen LogP contribution in [0.15, 0.2) is 4.52 Å². The van der Waals surface area contributed by atoms with E-state index in [1.807, 2.05) is 4.72 Å². The third kappa shape index (κ3) is 6.28. The number of primary amides is 1. The Bertz CT molecular complexity index is 735. The van der Waals surface area contributed by atoms with Crippen molar-refractivity contribution in [2.24, 2.45) is 11.5 Å². The van der Waals surface area contributed by atoms with Crippen molar-refractivity contribution in [3.8, 4) is 0 Å². The van der Waals surface area contributed by atoms with Crippen LogP contribution in [-0.2, 0) is 19.8 Å². The Balaban J connectivity index is 3.04. The van der Waals surface area contributed by atoms with Crippen molar-refractivity contribution in [3.63, 3.8) is 0 Å². The maximum absolute atomic E-state index is 12.1. The Morgan fingerprint density at radius 2 is 1.96 bits per heavy atom. The van der Waals surface area contributed by atoms with Gasteiger partial charge in [-0.3, -0.25) is 9.59 Å². The summed E-state index contributed by atoms with van der Waals surface area (Å²) in [7, 11) is -4.54. The topological polar surface area (TPSA) is 244 Å². The number of aliphatic hydroxyl groups excluding tert-OH is 2. The normalized spacial score (nSPS) is 16.6. The number of carbonyl (C=O) groups excluding carboxylic acids is 1. The smallest absolute Gasteiger partial charge is 0.324 e. The first-order chi connectivity index (χ1) is 12.0. The molecule has 0 fully saturated rings. The van der Waals surface area contributed by atoms with Crippen LogP contribution in [0.4, 0.5) is 0 Å². The van der Waals surface area contributed by atoms with Crippen LogP contribution >= 0.6 is 0 Å². The van der Waals surface area contributed by atoms with Gasteiger partial charge in [-0.15, -0.1) is 0 Å². The minimum absolute atomic E-state index is 0.142. The van der Waals surface area contributed by atoms with Crippen LogP contribution < -0.4 is 20.9 Å². The number of nitrogens with zero attached hydrogens (tertiary/aromatic N) is 2. The average molecular weight is 396 g/mol. The SMILES string of the molecule is CC(O)[C@H](NS(=O)(=O)N[C@@H](CC(N)=O)c1nc([C@@H](N)CO)no1)C(=O)O. The largest absolute Gasteiger partial charge is 0.480 e. The van der Waals surface area contributed by atoms with Crippen LogP contribution in [0.3, 0.4) is 0 Å². The number of aliphatic carboxylic acids is 1. The summed E-state index contributed by atoms with van der Waals surface area (Å²) in [5.41, 5.74) is 10.6.